The van der Waals surface area contributed by atoms with E-state index < -0.39 is 0 Å². The van der Waals surface area contributed by atoms with E-state index in [0.717, 1.165) is 32.2 Å². The Bertz CT molecular complexity index is 475. The monoisotopic (exact) mass is 433 g/mol. The molecule has 23 heavy (non-hydrogen) atoms. The van der Waals surface area contributed by atoms with E-state index in [4.69, 9.17) is 9.73 Å². The van der Waals surface area contributed by atoms with E-state index >= 15 is 0 Å². The van der Waals surface area contributed by atoms with Crippen molar-refractivity contribution in [1.82, 2.24) is 10.6 Å². The second-order valence-corrected chi connectivity index (χ2v) is 6.07. The van der Waals surface area contributed by atoms with Crippen molar-refractivity contribution >= 4 is 29.9 Å². The van der Waals surface area contributed by atoms with E-state index in [1.165, 1.54) is 11.1 Å². The van der Waals surface area contributed by atoms with Gasteiger partial charge in [-0.1, -0.05) is 43.7 Å². The lowest BCUT2D eigenvalue weighted by Crippen LogP contribution is -2.40. The van der Waals surface area contributed by atoms with Crippen LogP contribution in [0.25, 0.3) is 0 Å². The molecule has 0 heterocycles. The molecule has 1 aromatic rings. The molecular formula is C18H32IN3O. The Kier molecular flexibility index (Phi) is 11.3. The summed E-state index contributed by atoms with van der Waals surface area (Å²) in [5, 5.41) is 6.58. The summed E-state index contributed by atoms with van der Waals surface area (Å²) in [7, 11) is 0. The zero-order chi connectivity index (χ0) is 16.4. The first-order valence-corrected chi connectivity index (χ1v) is 8.16. The summed E-state index contributed by atoms with van der Waals surface area (Å²) in [4.78, 5) is 4.73. The third-order valence-corrected chi connectivity index (χ3v) is 3.52. The topological polar surface area (TPSA) is 45.7 Å². The second kappa shape index (κ2) is 11.7. The van der Waals surface area contributed by atoms with Gasteiger partial charge in [-0.25, -0.2) is 0 Å². The van der Waals surface area contributed by atoms with Crippen molar-refractivity contribution in [1.29, 1.82) is 0 Å². The Hall–Kier alpha value is -0.820. The number of rotatable bonds is 8. The minimum absolute atomic E-state index is 0. The molecule has 1 rings (SSSR count). The van der Waals surface area contributed by atoms with Crippen LogP contribution >= 0.6 is 24.0 Å². The number of aryl methyl sites for hydroxylation is 1. The highest BCUT2D eigenvalue weighted by Gasteiger charge is 2.20. The van der Waals surface area contributed by atoms with Crippen LogP contribution in [0.4, 0.5) is 0 Å². The lowest BCUT2D eigenvalue weighted by Gasteiger charge is -2.24. The summed E-state index contributed by atoms with van der Waals surface area (Å²) in [6.07, 6.45) is 0. The standard InChI is InChI=1S/C18H31N3O.HI/c1-6-19-17(20-11-12-22-7-2)21-14-18(4,5)16-10-8-9-15(3)13-16;/h8-10,13H,6-7,11-12,14H2,1-5H3,(H2,19,20,21);1H. The lowest BCUT2D eigenvalue weighted by atomic mass is 9.84. The molecule has 2 N–H and O–H groups in total. The Balaban J connectivity index is 0.00000484. The number of hydrogen-bond acceptors (Lipinski definition) is 2. The Morgan fingerprint density at radius 1 is 1.22 bits per heavy atom. The summed E-state index contributed by atoms with van der Waals surface area (Å²) in [5.74, 6) is 0.850. The number of halogens is 1. The van der Waals surface area contributed by atoms with Gasteiger partial charge in [0.15, 0.2) is 5.96 Å². The molecule has 0 aromatic heterocycles. The number of nitrogens with one attached hydrogen (secondary N) is 2. The normalized spacial score (nSPS) is 11.8. The molecule has 132 valence electrons. The van der Waals surface area contributed by atoms with Gasteiger partial charge in [0.05, 0.1) is 13.2 Å². The molecular weight excluding hydrogens is 401 g/mol. The van der Waals surface area contributed by atoms with Crippen molar-refractivity contribution in [3.8, 4) is 0 Å². The molecule has 0 saturated carbocycles. The zero-order valence-corrected chi connectivity index (χ0v) is 17.4. The predicted molar refractivity (Wildman–Crippen MR) is 110 cm³/mol. The van der Waals surface area contributed by atoms with Gasteiger partial charge in [0.2, 0.25) is 0 Å². The van der Waals surface area contributed by atoms with Gasteiger partial charge >= 0.3 is 0 Å². The molecule has 1 aromatic carbocycles. The Morgan fingerprint density at radius 2 is 1.96 bits per heavy atom. The number of benzene rings is 1. The average molecular weight is 433 g/mol. The maximum absolute atomic E-state index is 5.34. The van der Waals surface area contributed by atoms with E-state index in [-0.39, 0.29) is 29.4 Å². The molecule has 0 radical (unpaired) electrons. The first kappa shape index (κ1) is 22.2. The molecule has 5 heteroatoms. The minimum Gasteiger partial charge on any atom is -0.380 e. The van der Waals surface area contributed by atoms with Crippen LogP contribution in [0.2, 0.25) is 0 Å². The zero-order valence-electron chi connectivity index (χ0n) is 15.1. The highest BCUT2D eigenvalue weighted by Crippen LogP contribution is 2.24. The van der Waals surface area contributed by atoms with Gasteiger partial charge in [-0.15, -0.1) is 24.0 Å². The van der Waals surface area contributed by atoms with Gasteiger partial charge in [0.1, 0.15) is 0 Å². The fourth-order valence-corrected chi connectivity index (χ4v) is 2.16. The number of nitrogens with zero attached hydrogens (tertiary/aromatic N) is 1. The number of ether oxygens (including phenoxy) is 1. The van der Waals surface area contributed by atoms with E-state index in [1.807, 2.05) is 6.92 Å². The van der Waals surface area contributed by atoms with E-state index in [9.17, 15) is 0 Å². The first-order valence-electron chi connectivity index (χ1n) is 8.16. The average Bonchev–Trinajstić information content (AvgIpc) is 2.49. The maximum Gasteiger partial charge on any atom is 0.191 e. The van der Waals surface area contributed by atoms with Crippen LogP contribution in [-0.4, -0.2) is 38.8 Å². The number of hydrogen-bond donors (Lipinski definition) is 2. The van der Waals surface area contributed by atoms with Crippen molar-refractivity contribution in [2.24, 2.45) is 4.99 Å². The van der Waals surface area contributed by atoms with E-state index in [1.54, 1.807) is 0 Å². The first-order chi connectivity index (χ1) is 10.5. The van der Waals surface area contributed by atoms with Crippen LogP contribution in [0.3, 0.4) is 0 Å². The molecule has 0 spiro atoms. The summed E-state index contributed by atoms with van der Waals surface area (Å²) < 4.78 is 5.34. The highest BCUT2D eigenvalue weighted by atomic mass is 127. The third kappa shape index (κ3) is 8.55. The van der Waals surface area contributed by atoms with Crippen molar-refractivity contribution in [2.45, 2.75) is 40.0 Å². The van der Waals surface area contributed by atoms with Gasteiger partial charge in [-0.3, -0.25) is 4.99 Å². The molecule has 0 amide bonds. The van der Waals surface area contributed by atoms with Gasteiger partial charge < -0.3 is 15.4 Å². The van der Waals surface area contributed by atoms with Crippen LogP contribution < -0.4 is 10.6 Å². The van der Waals surface area contributed by atoms with Gasteiger partial charge in [0.25, 0.3) is 0 Å². The summed E-state index contributed by atoms with van der Waals surface area (Å²) in [6.45, 7) is 14.5. The quantitative estimate of drug-likeness (QED) is 0.286. The van der Waals surface area contributed by atoms with Crippen LogP contribution in [0.1, 0.15) is 38.8 Å². The van der Waals surface area contributed by atoms with Crippen molar-refractivity contribution in [3.63, 3.8) is 0 Å². The molecule has 4 nitrogen and oxygen atoms in total. The fraction of sp³-hybridized carbons (Fsp3) is 0.611. The van der Waals surface area contributed by atoms with Crippen LogP contribution in [0.15, 0.2) is 29.3 Å². The van der Waals surface area contributed by atoms with Gasteiger partial charge in [-0.2, -0.15) is 0 Å². The molecule has 0 atom stereocenters. The molecule has 0 aliphatic carbocycles. The molecule has 0 aliphatic rings. The third-order valence-electron chi connectivity index (χ3n) is 3.52. The number of guanidine groups is 1. The Labute approximate surface area is 158 Å². The van der Waals surface area contributed by atoms with Crippen LogP contribution in [0, 0.1) is 6.92 Å². The second-order valence-electron chi connectivity index (χ2n) is 6.07. The predicted octanol–water partition coefficient (Wildman–Crippen LogP) is 3.48. The molecule has 0 saturated heterocycles. The Morgan fingerprint density at radius 3 is 2.57 bits per heavy atom. The van der Waals surface area contributed by atoms with Crippen LogP contribution in [0.5, 0.6) is 0 Å². The molecule has 0 unspecified atom stereocenters. The van der Waals surface area contributed by atoms with Gasteiger partial charge in [-0.05, 0) is 26.3 Å². The molecule has 0 fully saturated rings. The fourth-order valence-electron chi connectivity index (χ4n) is 2.16. The SMILES string of the molecule is CCNC(=NCC(C)(C)c1cccc(C)c1)NCCOCC.I. The lowest BCUT2D eigenvalue weighted by molar-refractivity contribution is 0.152. The van der Waals surface area contributed by atoms with Crippen molar-refractivity contribution in [2.75, 3.05) is 32.8 Å². The molecule has 0 bridgehead atoms. The van der Waals surface area contributed by atoms with Crippen molar-refractivity contribution in [3.05, 3.63) is 35.4 Å². The van der Waals surface area contributed by atoms with E-state index in [2.05, 4.69) is 62.6 Å². The van der Waals surface area contributed by atoms with Gasteiger partial charge in [0, 0.05) is 25.1 Å². The number of aliphatic imine (C=N–C) groups is 1. The summed E-state index contributed by atoms with van der Waals surface area (Å²) in [6, 6.07) is 8.66. The smallest absolute Gasteiger partial charge is 0.191 e. The summed E-state index contributed by atoms with van der Waals surface area (Å²) in [5.41, 5.74) is 2.62. The van der Waals surface area contributed by atoms with Crippen LogP contribution in [-0.2, 0) is 10.2 Å². The van der Waals surface area contributed by atoms with Crippen molar-refractivity contribution < 1.29 is 4.74 Å². The largest absolute Gasteiger partial charge is 0.380 e. The summed E-state index contributed by atoms with van der Waals surface area (Å²) >= 11 is 0. The maximum atomic E-state index is 5.34. The minimum atomic E-state index is 0. The molecule has 0 aliphatic heterocycles. The van der Waals surface area contributed by atoms with E-state index in [0.29, 0.717) is 6.61 Å². The highest BCUT2D eigenvalue weighted by molar-refractivity contribution is 14.0.